The van der Waals surface area contributed by atoms with Gasteiger partial charge in [-0.05, 0) is 67.7 Å². The summed E-state index contributed by atoms with van der Waals surface area (Å²) in [6.07, 6.45) is 2.34. The number of aliphatic imine (C=N–C) groups is 1. The molecule has 3 N–H and O–H groups in total. The Kier molecular flexibility index (Phi) is 10.7. The zero-order chi connectivity index (χ0) is 22.2. The third-order valence-corrected chi connectivity index (χ3v) is 5.90. The van der Waals surface area contributed by atoms with Crippen LogP contribution >= 0.6 is 35.6 Å². The Balaban J connectivity index is 0.00000363. The first kappa shape index (κ1) is 26.4. The van der Waals surface area contributed by atoms with E-state index in [1.807, 2.05) is 36.4 Å². The van der Waals surface area contributed by atoms with Crippen LogP contribution in [-0.4, -0.2) is 44.0 Å². The van der Waals surface area contributed by atoms with Crippen molar-refractivity contribution in [1.29, 1.82) is 0 Å². The van der Waals surface area contributed by atoms with Crippen molar-refractivity contribution in [2.45, 2.75) is 32.4 Å². The molecule has 2 aromatic carbocycles. The molecule has 3 rings (SSSR count). The van der Waals surface area contributed by atoms with Crippen molar-refractivity contribution in [2.75, 3.05) is 32.5 Å². The summed E-state index contributed by atoms with van der Waals surface area (Å²) >= 11 is 6.26. The number of nitrogens with one attached hydrogen (secondary N) is 3. The summed E-state index contributed by atoms with van der Waals surface area (Å²) in [6, 6.07) is 16.3. The van der Waals surface area contributed by atoms with Crippen LogP contribution < -0.4 is 16.0 Å². The fourth-order valence-corrected chi connectivity index (χ4v) is 4.49. The number of hydrogen-bond acceptors (Lipinski definition) is 3. The molecule has 6 nitrogen and oxygen atoms in total. The summed E-state index contributed by atoms with van der Waals surface area (Å²) in [5.74, 6) is 1.15. The van der Waals surface area contributed by atoms with Gasteiger partial charge in [0.15, 0.2) is 5.96 Å². The minimum atomic E-state index is -0.0747. The van der Waals surface area contributed by atoms with Gasteiger partial charge in [0.1, 0.15) is 0 Å². The number of halogens is 2. The smallest absolute Gasteiger partial charge is 0.221 e. The molecule has 174 valence electrons. The summed E-state index contributed by atoms with van der Waals surface area (Å²) in [5, 5.41) is 10.5. The molecule has 1 amide bonds. The van der Waals surface area contributed by atoms with Crippen LogP contribution in [-0.2, 0) is 11.3 Å². The van der Waals surface area contributed by atoms with Crippen LogP contribution in [0.15, 0.2) is 53.5 Å². The molecule has 2 atom stereocenters. The van der Waals surface area contributed by atoms with Gasteiger partial charge in [0.05, 0.1) is 0 Å². The van der Waals surface area contributed by atoms with Crippen molar-refractivity contribution in [1.82, 2.24) is 15.5 Å². The van der Waals surface area contributed by atoms with Gasteiger partial charge in [0.25, 0.3) is 0 Å². The Bertz CT molecular complexity index is 923. The van der Waals surface area contributed by atoms with Gasteiger partial charge in [-0.3, -0.25) is 14.7 Å². The monoisotopic (exact) mass is 569 g/mol. The maximum absolute atomic E-state index is 11.3. The van der Waals surface area contributed by atoms with Gasteiger partial charge in [-0.1, -0.05) is 35.9 Å². The van der Waals surface area contributed by atoms with E-state index in [9.17, 15) is 4.79 Å². The molecule has 2 unspecified atom stereocenters. The molecule has 8 heteroatoms. The Labute approximate surface area is 213 Å². The molecule has 1 aliphatic rings. The first-order chi connectivity index (χ1) is 15.0. The zero-order valence-corrected chi connectivity index (χ0v) is 22.0. The van der Waals surface area contributed by atoms with E-state index >= 15 is 0 Å². The summed E-state index contributed by atoms with van der Waals surface area (Å²) in [5.41, 5.74) is 3.13. The van der Waals surface area contributed by atoms with Crippen LogP contribution in [0.5, 0.6) is 0 Å². The minimum absolute atomic E-state index is 0. The number of amides is 1. The Hall–Kier alpha value is -1.84. The molecule has 1 aliphatic heterocycles. The second kappa shape index (κ2) is 13.0. The standard InChI is InChI=1S/C24H32ClN5O.HI/c1-17(31)29-22-11-4-7-18(13-22)15-27-24(26-2)28-16-20-9-6-12-30(3)23(20)19-8-5-10-21(25)14-19;/h4-5,7-8,10-11,13-14,20,23H,6,9,12,15-16H2,1-3H3,(H,29,31)(H2,26,27,28);1H. The third kappa shape index (κ3) is 7.64. The minimum Gasteiger partial charge on any atom is -0.356 e. The van der Waals surface area contributed by atoms with Crippen molar-refractivity contribution in [3.05, 3.63) is 64.7 Å². The Morgan fingerprint density at radius 2 is 1.97 bits per heavy atom. The summed E-state index contributed by atoms with van der Waals surface area (Å²) < 4.78 is 0. The highest BCUT2D eigenvalue weighted by atomic mass is 127. The molecule has 0 radical (unpaired) electrons. The van der Waals surface area contributed by atoms with E-state index in [0.717, 1.165) is 41.7 Å². The quantitative estimate of drug-likeness (QED) is 0.269. The lowest BCUT2D eigenvalue weighted by Gasteiger charge is -2.40. The topological polar surface area (TPSA) is 68.8 Å². The van der Waals surface area contributed by atoms with Crippen LogP contribution in [0.3, 0.4) is 0 Å². The van der Waals surface area contributed by atoms with Crippen LogP contribution in [0.25, 0.3) is 0 Å². The Morgan fingerprint density at radius 1 is 1.19 bits per heavy atom. The molecule has 1 heterocycles. The largest absolute Gasteiger partial charge is 0.356 e. The number of anilines is 1. The predicted octanol–water partition coefficient (Wildman–Crippen LogP) is 4.66. The zero-order valence-electron chi connectivity index (χ0n) is 18.9. The van der Waals surface area contributed by atoms with Crippen molar-refractivity contribution in [3.8, 4) is 0 Å². The first-order valence-electron chi connectivity index (χ1n) is 10.7. The summed E-state index contributed by atoms with van der Waals surface area (Å²) in [7, 11) is 3.97. The molecule has 0 aromatic heterocycles. The highest BCUT2D eigenvalue weighted by Gasteiger charge is 2.30. The molecule has 32 heavy (non-hydrogen) atoms. The van der Waals surface area contributed by atoms with Crippen molar-refractivity contribution < 1.29 is 4.79 Å². The number of carbonyl (C=O) groups excluding carboxylic acids is 1. The highest BCUT2D eigenvalue weighted by molar-refractivity contribution is 14.0. The maximum atomic E-state index is 11.3. The summed E-state index contributed by atoms with van der Waals surface area (Å²) in [4.78, 5) is 18.1. The van der Waals surface area contributed by atoms with Crippen molar-refractivity contribution in [3.63, 3.8) is 0 Å². The molecular weight excluding hydrogens is 537 g/mol. The number of hydrogen-bond donors (Lipinski definition) is 3. The summed E-state index contributed by atoms with van der Waals surface area (Å²) in [6.45, 7) is 4.05. The second-order valence-electron chi connectivity index (χ2n) is 8.07. The van der Waals surface area contributed by atoms with E-state index in [0.29, 0.717) is 18.5 Å². The van der Waals surface area contributed by atoms with Crippen molar-refractivity contribution >= 4 is 53.1 Å². The van der Waals surface area contributed by atoms with Crippen LogP contribution in [0.2, 0.25) is 5.02 Å². The van der Waals surface area contributed by atoms with Gasteiger partial charge in [-0.2, -0.15) is 0 Å². The SMILES string of the molecule is CN=C(NCc1cccc(NC(C)=O)c1)NCC1CCCN(C)C1c1cccc(Cl)c1.I. The van der Waals surface area contributed by atoms with E-state index in [2.05, 4.69) is 45.0 Å². The molecule has 2 aromatic rings. The number of carbonyl (C=O) groups is 1. The van der Waals surface area contributed by atoms with E-state index < -0.39 is 0 Å². The fourth-order valence-electron chi connectivity index (χ4n) is 4.29. The van der Waals surface area contributed by atoms with Gasteiger partial charge in [0.2, 0.25) is 5.91 Å². The second-order valence-corrected chi connectivity index (χ2v) is 8.51. The lowest BCUT2D eigenvalue weighted by atomic mass is 9.85. The predicted molar refractivity (Wildman–Crippen MR) is 144 cm³/mol. The van der Waals surface area contributed by atoms with Gasteiger partial charge >= 0.3 is 0 Å². The van der Waals surface area contributed by atoms with Gasteiger partial charge in [-0.25, -0.2) is 0 Å². The molecule has 0 saturated carbocycles. The van der Waals surface area contributed by atoms with Crippen LogP contribution in [0.4, 0.5) is 5.69 Å². The third-order valence-electron chi connectivity index (χ3n) is 5.66. The number of benzene rings is 2. The molecule has 0 aliphatic carbocycles. The lowest BCUT2D eigenvalue weighted by molar-refractivity contribution is -0.114. The molecule has 0 spiro atoms. The number of likely N-dealkylation sites (tertiary alicyclic amines) is 1. The van der Waals surface area contributed by atoms with Crippen LogP contribution in [0.1, 0.15) is 36.9 Å². The average Bonchev–Trinajstić information content (AvgIpc) is 2.73. The number of rotatable bonds is 6. The number of guanidine groups is 1. The molecular formula is C24H33ClIN5O. The molecule has 0 bridgehead atoms. The molecule has 1 saturated heterocycles. The number of piperidine rings is 1. The van der Waals surface area contributed by atoms with E-state index in [1.54, 1.807) is 7.05 Å². The average molecular weight is 570 g/mol. The van der Waals surface area contributed by atoms with Gasteiger partial charge in [-0.15, -0.1) is 24.0 Å². The van der Waals surface area contributed by atoms with Gasteiger partial charge < -0.3 is 16.0 Å². The van der Waals surface area contributed by atoms with Crippen molar-refractivity contribution in [2.24, 2.45) is 10.9 Å². The van der Waals surface area contributed by atoms with Gasteiger partial charge in [0, 0.05) is 43.8 Å². The fraction of sp³-hybridized carbons (Fsp3) is 0.417. The lowest BCUT2D eigenvalue weighted by Crippen LogP contribution is -2.44. The van der Waals surface area contributed by atoms with E-state index in [1.165, 1.54) is 18.9 Å². The number of nitrogens with zero attached hydrogens (tertiary/aromatic N) is 2. The first-order valence-corrected chi connectivity index (χ1v) is 11.1. The Morgan fingerprint density at radius 3 is 2.69 bits per heavy atom. The van der Waals surface area contributed by atoms with E-state index in [4.69, 9.17) is 11.6 Å². The highest BCUT2D eigenvalue weighted by Crippen LogP contribution is 2.35. The van der Waals surface area contributed by atoms with Crippen LogP contribution in [0, 0.1) is 5.92 Å². The molecule has 1 fully saturated rings. The van der Waals surface area contributed by atoms with E-state index in [-0.39, 0.29) is 29.9 Å². The maximum Gasteiger partial charge on any atom is 0.221 e. The normalized spacial score (nSPS) is 19.1.